The second-order valence-corrected chi connectivity index (χ2v) is 6.82. The molecule has 7 heteroatoms. The number of hydrogen-bond acceptors (Lipinski definition) is 4. The number of carboxylic acid groups (broad SMARTS) is 1. The summed E-state index contributed by atoms with van der Waals surface area (Å²) >= 11 is 0. The van der Waals surface area contributed by atoms with Crippen LogP contribution in [0.3, 0.4) is 0 Å². The molecule has 0 spiro atoms. The van der Waals surface area contributed by atoms with E-state index in [0.717, 1.165) is 36.2 Å². The van der Waals surface area contributed by atoms with Gasteiger partial charge in [-0.25, -0.2) is 9.48 Å². The Morgan fingerprint density at radius 2 is 2.00 bits per heavy atom. The van der Waals surface area contributed by atoms with Crippen LogP contribution in [0.2, 0.25) is 0 Å². The van der Waals surface area contributed by atoms with Crippen molar-refractivity contribution in [3.05, 3.63) is 46.8 Å². The highest BCUT2D eigenvalue weighted by atomic mass is 16.5. The molecule has 2 heterocycles. The number of carbonyl (C=O) groups excluding carboxylic acids is 1. The van der Waals surface area contributed by atoms with Crippen LogP contribution in [0.1, 0.15) is 33.7 Å². The summed E-state index contributed by atoms with van der Waals surface area (Å²) in [6.07, 6.45) is 1.75. The number of ether oxygens (including phenoxy) is 1. The monoisotopic (exact) mass is 355 g/mol. The third-order valence-electron chi connectivity index (χ3n) is 5.04. The molecule has 1 aromatic heterocycles. The number of fused-ring (bicyclic) bond motifs is 1. The summed E-state index contributed by atoms with van der Waals surface area (Å²) < 4.78 is 7.08. The minimum absolute atomic E-state index is 0.0559. The van der Waals surface area contributed by atoms with Crippen molar-refractivity contribution in [1.29, 1.82) is 0 Å². The van der Waals surface area contributed by atoms with E-state index in [4.69, 9.17) is 9.84 Å². The van der Waals surface area contributed by atoms with Crippen LogP contribution in [-0.4, -0.2) is 57.5 Å². The number of carboxylic acids is 1. The predicted octanol–water partition coefficient (Wildman–Crippen LogP) is 1.60. The Balaban J connectivity index is 1.67. The van der Waals surface area contributed by atoms with Gasteiger partial charge in [-0.1, -0.05) is 17.7 Å². The lowest BCUT2D eigenvalue weighted by Gasteiger charge is -2.30. The number of nitrogens with zero attached hydrogens (tertiary/aromatic N) is 3. The maximum atomic E-state index is 13.0. The van der Waals surface area contributed by atoms with Crippen LogP contribution < -0.4 is 0 Å². The highest BCUT2D eigenvalue weighted by molar-refractivity contribution is 5.94. The first kappa shape index (κ1) is 16.8. The number of benzene rings is 1. The summed E-state index contributed by atoms with van der Waals surface area (Å²) in [6, 6.07) is 8.06. The van der Waals surface area contributed by atoms with Gasteiger partial charge in [0.1, 0.15) is 0 Å². The summed E-state index contributed by atoms with van der Waals surface area (Å²) in [4.78, 5) is 25.8. The van der Waals surface area contributed by atoms with E-state index in [0.29, 0.717) is 12.2 Å². The van der Waals surface area contributed by atoms with Crippen LogP contribution in [-0.2, 0) is 22.4 Å². The molecule has 1 fully saturated rings. The SMILES string of the molecule is Cc1ccc(-n2nc(C(=O)N3CCOC(C(=O)O)C3)c3c2CCC3)cc1. The molecule has 1 amide bonds. The Morgan fingerprint density at radius 1 is 1.23 bits per heavy atom. The van der Waals surface area contributed by atoms with E-state index in [9.17, 15) is 9.59 Å². The fourth-order valence-corrected chi connectivity index (χ4v) is 3.64. The maximum Gasteiger partial charge on any atom is 0.334 e. The highest BCUT2D eigenvalue weighted by Crippen LogP contribution is 2.29. The van der Waals surface area contributed by atoms with Crippen molar-refractivity contribution >= 4 is 11.9 Å². The Bertz CT molecular complexity index is 856. The second kappa shape index (κ2) is 6.57. The van der Waals surface area contributed by atoms with Gasteiger partial charge in [-0.2, -0.15) is 5.10 Å². The van der Waals surface area contributed by atoms with Crippen molar-refractivity contribution in [1.82, 2.24) is 14.7 Å². The van der Waals surface area contributed by atoms with E-state index in [1.807, 2.05) is 35.9 Å². The summed E-state index contributed by atoms with van der Waals surface area (Å²) in [5, 5.41) is 13.8. The van der Waals surface area contributed by atoms with Crippen molar-refractivity contribution in [3.63, 3.8) is 0 Å². The maximum absolute atomic E-state index is 13.0. The number of hydrogen-bond donors (Lipinski definition) is 1. The van der Waals surface area contributed by atoms with Gasteiger partial charge in [0.15, 0.2) is 11.8 Å². The van der Waals surface area contributed by atoms with E-state index in [2.05, 4.69) is 5.10 Å². The molecule has 2 aliphatic rings. The van der Waals surface area contributed by atoms with Crippen LogP contribution in [0.4, 0.5) is 0 Å². The molecule has 1 aliphatic carbocycles. The third kappa shape index (κ3) is 2.88. The Labute approximate surface area is 151 Å². The number of morpholine rings is 1. The fraction of sp³-hybridized carbons (Fsp3) is 0.421. The van der Waals surface area contributed by atoms with E-state index >= 15 is 0 Å². The number of rotatable bonds is 3. The molecule has 7 nitrogen and oxygen atoms in total. The number of aryl methyl sites for hydroxylation is 1. The number of aromatic nitrogens is 2. The van der Waals surface area contributed by atoms with Gasteiger partial charge in [-0.05, 0) is 38.3 Å². The number of aliphatic carboxylic acids is 1. The molecule has 1 saturated heterocycles. The van der Waals surface area contributed by atoms with E-state index in [1.165, 1.54) is 5.56 Å². The predicted molar refractivity (Wildman–Crippen MR) is 93.6 cm³/mol. The van der Waals surface area contributed by atoms with Crippen LogP contribution in [0, 0.1) is 6.92 Å². The molecule has 26 heavy (non-hydrogen) atoms. The zero-order chi connectivity index (χ0) is 18.3. The summed E-state index contributed by atoms with van der Waals surface area (Å²) in [7, 11) is 0. The fourth-order valence-electron chi connectivity index (χ4n) is 3.64. The molecule has 1 aliphatic heterocycles. The summed E-state index contributed by atoms with van der Waals surface area (Å²) in [6.45, 7) is 2.70. The molecule has 0 radical (unpaired) electrons. The van der Waals surface area contributed by atoms with Crippen LogP contribution in [0.15, 0.2) is 24.3 Å². The smallest absolute Gasteiger partial charge is 0.334 e. The van der Waals surface area contributed by atoms with Gasteiger partial charge in [0.05, 0.1) is 18.8 Å². The lowest BCUT2D eigenvalue weighted by atomic mass is 10.1. The molecular formula is C19H21N3O4. The van der Waals surface area contributed by atoms with Gasteiger partial charge in [0.25, 0.3) is 5.91 Å². The quantitative estimate of drug-likeness (QED) is 0.904. The van der Waals surface area contributed by atoms with Gasteiger partial charge in [-0.15, -0.1) is 0 Å². The topological polar surface area (TPSA) is 84.7 Å². The zero-order valence-corrected chi connectivity index (χ0v) is 14.6. The van der Waals surface area contributed by atoms with Crippen molar-refractivity contribution in [2.75, 3.05) is 19.7 Å². The van der Waals surface area contributed by atoms with Crippen molar-refractivity contribution in [2.45, 2.75) is 32.3 Å². The first-order valence-corrected chi connectivity index (χ1v) is 8.86. The average molecular weight is 355 g/mol. The Kier molecular flexibility index (Phi) is 4.24. The minimum atomic E-state index is -1.04. The van der Waals surface area contributed by atoms with Crippen LogP contribution in [0.25, 0.3) is 5.69 Å². The Morgan fingerprint density at radius 3 is 2.73 bits per heavy atom. The first-order chi connectivity index (χ1) is 12.5. The van der Waals surface area contributed by atoms with Gasteiger partial charge in [0, 0.05) is 17.8 Å². The van der Waals surface area contributed by atoms with Crippen LogP contribution in [0.5, 0.6) is 0 Å². The second-order valence-electron chi connectivity index (χ2n) is 6.82. The summed E-state index contributed by atoms with van der Waals surface area (Å²) in [5.74, 6) is -1.25. The minimum Gasteiger partial charge on any atom is -0.479 e. The molecule has 1 aromatic carbocycles. The zero-order valence-electron chi connectivity index (χ0n) is 14.6. The summed E-state index contributed by atoms with van der Waals surface area (Å²) in [5.41, 5.74) is 4.64. The van der Waals surface area contributed by atoms with E-state index in [-0.39, 0.29) is 19.1 Å². The molecule has 1 unspecified atom stereocenters. The van der Waals surface area contributed by atoms with Gasteiger partial charge in [0.2, 0.25) is 0 Å². The molecule has 136 valence electrons. The molecule has 1 N–H and O–H groups in total. The molecule has 2 aromatic rings. The van der Waals surface area contributed by atoms with Gasteiger partial charge >= 0.3 is 5.97 Å². The largest absolute Gasteiger partial charge is 0.479 e. The van der Waals surface area contributed by atoms with E-state index in [1.54, 1.807) is 4.90 Å². The lowest BCUT2D eigenvalue weighted by Crippen LogP contribution is -2.48. The lowest BCUT2D eigenvalue weighted by molar-refractivity contribution is -0.154. The number of amides is 1. The van der Waals surface area contributed by atoms with Crippen molar-refractivity contribution in [3.8, 4) is 5.69 Å². The normalized spacial score (nSPS) is 19.4. The average Bonchev–Trinajstić information content (AvgIpc) is 3.25. The molecule has 0 bridgehead atoms. The van der Waals surface area contributed by atoms with E-state index < -0.39 is 12.1 Å². The van der Waals surface area contributed by atoms with Crippen LogP contribution >= 0.6 is 0 Å². The molecule has 4 rings (SSSR count). The molecule has 0 saturated carbocycles. The van der Waals surface area contributed by atoms with Gasteiger partial charge in [-0.3, -0.25) is 4.79 Å². The Hall–Kier alpha value is -2.67. The number of carbonyl (C=O) groups is 2. The van der Waals surface area contributed by atoms with Crippen molar-refractivity contribution < 1.29 is 19.4 Å². The third-order valence-corrected chi connectivity index (χ3v) is 5.04. The van der Waals surface area contributed by atoms with Gasteiger partial charge < -0.3 is 14.7 Å². The van der Waals surface area contributed by atoms with Crippen molar-refractivity contribution in [2.24, 2.45) is 0 Å². The standard InChI is InChI=1S/C19H21N3O4/c1-12-5-7-13(8-6-12)22-15-4-2-3-14(15)17(20-22)18(23)21-9-10-26-16(11-21)19(24)25/h5-8,16H,2-4,9-11H2,1H3,(H,24,25). The molecule has 1 atom stereocenters. The first-order valence-electron chi connectivity index (χ1n) is 8.86. The highest BCUT2D eigenvalue weighted by Gasteiger charge is 2.34. The molecular weight excluding hydrogens is 334 g/mol.